The number of carbonyl (C=O) groups is 5. The first-order valence-corrected chi connectivity index (χ1v) is 12.1. The molecule has 2 rings (SSSR count). The van der Waals surface area contributed by atoms with E-state index < -0.39 is 35.3 Å². The van der Waals surface area contributed by atoms with Crippen LogP contribution in [0.5, 0.6) is 0 Å². The largest absolute Gasteiger partial charge is 0.481 e. The molecule has 1 aliphatic carbocycles. The minimum Gasteiger partial charge on any atom is -0.481 e. The monoisotopic (exact) mass is 522 g/mol. The van der Waals surface area contributed by atoms with E-state index in [1.165, 1.54) is 0 Å². The van der Waals surface area contributed by atoms with E-state index in [1.54, 1.807) is 18.2 Å². The van der Waals surface area contributed by atoms with Gasteiger partial charge in [-0.05, 0) is 24.6 Å². The molecule has 0 heterocycles. The lowest BCUT2D eigenvalue weighted by molar-refractivity contribution is -0.138. The van der Waals surface area contributed by atoms with Gasteiger partial charge in [-0.15, -0.1) is 0 Å². The molecule has 1 aromatic rings. The summed E-state index contributed by atoms with van der Waals surface area (Å²) in [7, 11) is 0. The molecular weight excluding hydrogens is 488 g/mol. The Balaban J connectivity index is 1.60. The van der Waals surface area contributed by atoms with E-state index in [0.29, 0.717) is 64.8 Å². The number of ether oxygens (including phenoxy) is 4. The second kappa shape index (κ2) is 16.5. The minimum atomic E-state index is -1.19. The maximum Gasteiger partial charge on any atom is 0.305 e. The molecule has 1 aromatic carbocycles. The van der Waals surface area contributed by atoms with Gasteiger partial charge in [-0.3, -0.25) is 19.2 Å². The van der Waals surface area contributed by atoms with Crippen LogP contribution in [0, 0.1) is 11.8 Å². The van der Waals surface area contributed by atoms with Crippen LogP contribution in [0.1, 0.15) is 40.0 Å². The first-order chi connectivity index (χ1) is 17.9. The number of ketones is 2. The van der Waals surface area contributed by atoms with Crippen molar-refractivity contribution < 1.29 is 48.0 Å². The third-order valence-corrected chi connectivity index (χ3v) is 5.63. The van der Waals surface area contributed by atoms with E-state index in [9.17, 15) is 24.0 Å². The number of benzene rings is 1. The number of anilines is 1. The lowest BCUT2D eigenvalue weighted by atomic mass is 9.84. The molecule has 0 spiro atoms. The number of rotatable bonds is 21. The molecule has 0 aromatic heterocycles. The number of amides is 1. The number of aliphatic carboxylic acids is 1. The number of nitrogens with one attached hydrogen (secondary N) is 1. The summed E-state index contributed by atoms with van der Waals surface area (Å²) in [4.78, 5) is 58.5. The minimum absolute atomic E-state index is 0.0317. The molecule has 4 N–H and O–H groups in total. The second-order valence-electron chi connectivity index (χ2n) is 8.24. The topological polar surface area (TPSA) is 181 Å². The summed E-state index contributed by atoms with van der Waals surface area (Å²) < 4.78 is 21.3. The summed E-state index contributed by atoms with van der Waals surface area (Å²) in [5.74, 6) is -4.77. The molecule has 12 nitrogen and oxygen atoms in total. The van der Waals surface area contributed by atoms with Gasteiger partial charge >= 0.3 is 5.97 Å². The summed E-state index contributed by atoms with van der Waals surface area (Å²) in [6.07, 6.45) is 0.695. The second-order valence-corrected chi connectivity index (χ2v) is 8.24. The Labute approximate surface area is 214 Å². The fourth-order valence-electron chi connectivity index (χ4n) is 3.80. The number of hydrogen-bond acceptors (Lipinski definition) is 10. The van der Waals surface area contributed by atoms with Crippen molar-refractivity contribution in [3.63, 3.8) is 0 Å². The number of carboxylic acid groups (broad SMARTS) is 1. The van der Waals surface area contributed by atoms with E-state index in [2.05, 4.69) is 5.32 Å². The number of Topliss-reactive ketones (excluding diaryl/α,β-unsaturated/α-hetero) is 2. The van der Waals surface area contributed by atoms with Crippen molar-refractivity contribution in [3.8, 4) is 0 Å². The Morgan fingerprint density at radius 3 is 2.05 bits per heavy atom. The zero-order valence-corrected chi connectivity index (χ0v) is 20.6. The zero-order valence-electron chi connectivity index (χ0n) is 20.6. The molecule has 0 bridgehead atoms. The Bertz CT molecular complexity index is 936. The van der Waals surface area contributed by atoms with Gasteiger partial charge in [0.05, 0.1) is 71.1 Å². The van der Waals surface area contributed by atoms with Crippen LogP contribution < -0.4 is 11.1 Å². The quantitative estimate of drug-likeness (QED) is 0.118. The van der Waals surface area contributed by atoms with Crippen LogP contribution in [0.25, 0.3) is 0 Å². The van der Waals surface area contributed by atoms with Crippen LogP contribution in [0.3, 0.4) is 0 Å². The smallest absolute Gasteiger partial charge is 0.305 e. The van der Waals surface area contributed by atoms with Gasteiger partial charge in [0, 0.05) is 29.8 Å². The van der Waals surface area contributed by atoms with Crippen LogP contribution in [-0.2, 0) is 33.3 Å². The zero-order chi connectivity index (χ0) is 27.0. The Hall–Kier alpha value is -3.19. The molecule has 12 heteroatoms. The van der Waals surface area contributed by atoms with E-state index in [0.717, 1.165) is 0 Å². The Morgan fingerprint density at radius 2 is 1.49 bits per heavy atom. The van der Waals surface area contributed by atoms with Crippen molar-refractivity contribution >= 4 is 35.4 Å². The van der Waals surface area contributed by atoms with Crippen LogP contribution >= 0.6 is 0 Å². The predicted octanol–water partition coefficient (Wildman–Crippen LogP) is 0.715. The molecule has 2 unspecified atom stereocenters. The molecule has 0 saturated carbocycles. The molecule has 37 heavy (non-hydrogen) atoms. The molecule has 0 radical (unpaired) electrons. The van der Waals surface area contributed by atoms with Crippen LogP contribution in [0.4, 0.5) is 5.69 Å². The first kappa shape index (κ1) is 30.0. The number of carbonyl (C=O) groups excluding carboxylic acids is 4. The van der Waals surface area contributed by atoms with Gasteiger partial charge in [0.2, 0.25) is 5.91 Å². The van der Waals surface area contributed by atoms with E-state index in [4.69, 9.17) is 29.8 Å². The van der Waals surface area contributed by atoms with Crippen molar-refractivity contribution in [2.75, 3.05) is 64.7 Å². The van der Waals surface area contributed by atoms with Crippen molar-refractivity contribution in [1.29, 1.82) is 0 Å². The van der Waals surface area contributed by atoms with Crippen LogP contribution in [0.15, 0.2) is 18.2 Å². The average Bonchev–Trinajstić information content (AvgIpc) is 3.11. The van der Waals surface area contributed by atoms with E-state index in [-0.39, 0.29) is 37.0 Å². The van der Waals surface area contributed by atoms with Crippen molar-refractivity contribution in [1.82, 2.24) is 0 Å². The van der Waals surface area contributed by atoms with Crippen molar-refractivity contribution in [3.05, 3.63) is 29.3 Å². The lowest BCUT2D eigenvalue weighted by Crippen LogP contribution is -2.35. The van der Waals surface area contributed by atoms with Gasteiger partial charge in [-0.2, -0.15) is 0 Å². The molecule has 0 saturated heterocycles. The molecule has 1 amide bonds. The number of carboxylic acids is 1. The van der Waals surface area contributed by atoms with Gasteiger partial charge in [0.15, 0.2) is 11.6 Å². The Morgan fingerprint density at radius 1 is 0.919 bits per heavy atom. The summed E-state index contributed by atoms with van der Waals surface area (Å²) in [6, 6.07) is 4.81. The summed E-state index contributed by atoms with van der Waals surface area (Å²) in [5, 5.41) is 11.6. The molecule has 0 aliphatic heterocycles. The fraction of sp³-hybridized carbons (Fsp3) is 0.560. The molecule has 2 atom stereocenters. The molecule has 1 aliphatic rings. The highest BCUT2D eigenvalue weighted by Crippen LogP contribution is 2.35. The number of aldehydes is 1. The van der Waals surface area contributed by atoms with Crippen molar-refractivity contribution in [2.45, 2.75) is 19.3 Å². The average molecular weight is 523 g/mol. The van der Waals surface area contributed by atoms with Gasteiger partial charge < -0.3 is 39.9 Å². The SMILES string of the molecule is NC(=O)C(CCC=O)C1C(=O)c2ccc(NCCOCCOCCOCCOCCC(=O)O)cc2C1=O. The van der Waals surface area contributed by atoms with E-state index in [1.807, 2.05) is 0 Å². The number of primary amides is 1. The third-order valence-electron chi connectivity index (χ3n) is 5.63. The van der Waals surface area contributed by atoms with Gasteiger partial charge in [0.1, 0.15) is 6.29 Å². The van der Waals surface area contributed by atoms with Crippen LogP contribution in [0.2, 0.25) is 0 Å². The van der Waals surface area contributed by atoms with Gasteiger partial charge in [-0.1, -0.05) is 0 Å². The highest BCUT2D eigenvalue weighted by Gasteiger charge is 2.45. The number of nitrogens with two attached hydrogens (primary N) is 1. The maximum absolute atomic E-state index is 12.9. The molecule has 204 valence electrons. The lowest BCUT2D eigenvalue weighted by Gasteiger charge is -2.16. The summed E-state index contributed by atoms with van der Waals surface area (Å²) in [6.45, 7) is 3.25. The van der Waals surface area contributed by atoms with E-state index >= 15 is 0 Å². The standard InChI is InChI=1S/C25H34N2O10/c26-25(33)19(2-1-7-28)22-23(31)18-4-3-17(16-20(18)24(22)32)27-6-9-35-11-13-37-15-14-36-12-10-34-8-5-21(29)30/h3-4,7,16,19,22,27H,1-2,5-6,8-15H2,(H2,26,33)(H,29,30). The summed E-state index contributed by atoms with van der Waals surface area (Å²) >= 11 is 0. The highest BCUT2D eigenvalue weighted by atomic mass is 16.6. The molecular formula is C25H34N2O10. The third kappa shape index (κ3) is 10.00. The van der Waals surface area contributed by atoms with Gasteiger partial charge in [0.25, 0.3) is 0 Å². The number of hydrogen-bond donors (Lipinski definition) is 3. The first-order valence-electron chi connectivity index (χ1n) is 12.1. The van der Waals surface area contributed by atoms with Crippen molar-refractivity contribution in [2.24, 2.45) is 17.6 Å². The Kier molecular flexibility index (Phi) is 13.4. The normalized spacial score (nSPS) is 15.4. The fourth-order valence-corrected chi connectivity index (χ4v) is 3.80. The maximum atomic E-state index is 12.9. The van der Waals surface area contributed by atoms with Gasteiger partial charge in [-0.25, -0.2) is 0 Å². The highest BCUT2D eigenvalue weighted by molar-refractivity contribution is 6.28. The predicted molar refractivity (Wildman–Crippen MR) is 131 cm³/mol. The summed E-state index contributed by atoms with van der Waals surface area (Å²) in [5.41, 5.74) is 6.52. The van der Waals surface area contributed by atoms with Crippen LogP contribution in [-0.4, -0.2) is 94.2 Å². The molecule has 0 fully saturated rings. The number of fused-ring (bicyclic) bond motifs is 1.